The molecule has 1 saturated carbocycles. The van der Waals surface area contributed by atoms with Crippen molar-refractivity contribution in [1.82, 2.24) is 4.90 Å². The van der Waals surface area contributed by atoms with Crippen LogP contribution in [0.5, 0.6) is 0 Å². The Bertz CT molecular complexity index is 823. The number of unbranched alkanes of at least 4 members (excludes halogenated alkanes) is 1. The lowest BCUT2D eigenvalue weighted by molar-refractivity contribution is 0.0697. The number of aryl methyl sites for hydroxylation is 1. The number of carboxylic acid groups (broad SMARTS) is 1. The number of rotatable bonds is 10. The van der Waals surface area contributed by atoms with Crippen LogP contribution in [-0.2, 0) is 6.54 Å². The summed E-state index contributed by atoms with van der Waals surface area (Å²) >= 11 is 0. The van der Waals surface area contributed by atoms with Crippen LogP contribution in [0.1, 0.15) is 79.8 Å². The minimum Gasteiger partial charge on any atom is -0.478 e. The number of carbonyl (C=O) groups is 1. The van der Waals surface area contributed by atoms with Crippen LogP contribution in [0.25, 0.3) is 11.1 Å². The van der Waals surface area contributed by atoms with Gasteiger partial charge in [-0.05, 0) is 73.2 Å². The van der Waals surface area contributed by atoms with Crippen molar-refractivity contribution in [1.29, 1.82) is 0 Å². The van der Waals surface area contributed by atoms with E-state index in [1.165, 1.54) is 56.9 Å². The molecule has 3 heteroatoms. The summed E-state index contributed by atoms with van der Waals surface area (Å²) in [5, 5.41) is 9.72. The predicted octanol–water partition coefficient (Wildman–Crippen LogP) is 6.93. The highest BCUT2D eigenvalue weighted by molar-refractivity contribution is 5.96. The molecule has 162 valence electrons. The zero-order chi connectivity index (χ0) is 21.3. The molecule has 3 rings (SSSR count). The Labute approximate surface area is 182 Å². The lowest BCUT2D eigenvalue weighted by atomic mass is 9.87. The molecule has 1 fully saturated rings. The van der Waals surface area contributed by atoms with Gasteiger partial charge < -0.3 is 5.11 Å². The molecule has 0 spiro atoms. The first-order valence-corrected chi connectivity index (χ1v) is 11.7. The lowest BCUT2D eigenvalue weighted by Crippen LogP contribution is -2.27. The van der Waals surface area contributed by atoms with Crippen LogP contribution in [-0.4, -0.2) is 29.1 Å². The molecule has 0 saturated heterocycles. The van der Waals surface area contributed by atoms with E-state index in [1.54, 1.807) is 6.07 Å². The molecule has 0 aliphatic heterocycles. The average Bonchev–Trinajstić information content (AvgIpc) is 2.76. The van der Waals surface area contributed by atoms with Crippen molar-refractivity contribution < 1.29 is 9.90 Å². The molecule has 1 aliphatic rings. The van der Waals surface area contributed by atoms with Crippen LogP contribution < -0.4 is 0 Å². The van der Waals surface area contributed by atoms with Crippen molar-refractivity contribution in [3.8, 4) is 11.1 Å². The van der Waals surface area contributed by atoms with Crippen molar-refractivity contribution >= 4 is 5.97 Å². The molecular weight excluding hydrogens is 370 g/mol. The third-order valence-electron chi connectivity index (χ3n) is 6.56. The highest BCUT2D eigenvalue weighted by Crippen LogP contribution is 2.29. The number of aromatic carboxylic acids is 1. The van der Waals surface area contributed by atoms with Crippen molar-refractivity contribution in [2.24, 2.45) is 5.92 Å². The van der Waals surface area contributed by atoms with E-state index < -0.39 is 5.97 Å². The van der Waals surface area contributed by atoms with Crippen molar-refractivity contribution in [3.05, 3.63) is 59.2 Å². The van der Waals surface area contributed by atoms with Crippen LogP contribution >= 0.6 is 0 Å². The number of hydrogen-bond acceptors (Lipinski definition) is 2. The van der Waals surface area contributed by atoms with Gasteiger partial charge in [-0.3, -0.25) is 4.90 Å². The second kappa shape index (κ2) is 11.3. The summed E-state index contributed by atoms with van der Waals surface area (Å²) in [6.07, 6.45) is 10.7. The van der Waals surface area contributed by atoms with Crippen LogP contribution in [0.2, 0.25) is 0 Å². The minimum absolute atomic E-state index is 0.385. The lowest BCUT2D eigenvalue weighted by Gasteiger charge is -2.27. The molecule has 0 aromatic heterocycles. The van der Waals surface area contributed by atoms with Crippen molar-refractivity contribution in [2.75, 3.05) is 13.1 Å². The average molecular weight is 408 g/mol. The third kappa shape index (κ3) is 6.18. The fourth-order valence-electron chi connectivity index (χ4n) is 4.72. The van der Waals surface area contributed by atoms with Gasteiger partial charge in [-0.1, -0.05) is 75.8 Å². The van der Waals surface area contributed by atoms with E-state index in [-0.39, 0.29) is 0 Å². The van der Waals surface area contributed by atoms with Gasteiger partial charge in [0, 0.05) is 6.54 Å². The maximum absolute atomic E-state index is 11.8. The SMILES string of the molecule is CCCCN(CCC1CCCCC1)Cc1ccc(C(=O)O)c(-c2ccccc2C)c1. The Kier molecular flexibility index (Phi) is 8.50. The van der Waals surface area contributed by atoms with Gasteiger partial charge in [-0.15, -0.1) is 0 Å². The van der Waals surface area contributed by atoms with Gasteiger partial charge >= 0.3 is 5.97 Å². The van der Waals surface area contributed by atoms with Gasteiger partial charge in [-0.25, -0.2) is 4.79 Å². The number of benzene rings is 2. The molecule has 0 atom stereocenters. The summed E-state index contributed by atoms with van der Waals surface area (Å²) in [6, 6.07) is 14.0. The van der Waals surface area contributed by atoms with Crippen LogP contribution in [0.4, 0.5) is 0 Å². The van der Waals surface area contributed by atoms with E-state index in [0.29, 0.717) is 5.56 Å². The molecule has 0 radical (unpaired) electrons. The van der Waals surface area contributed by atoms with Crippen LogP contribution in [0, 0.1) is 12.8 Å². The summed E-state index contributed by atoms with van der Waals surface area (Å²) in [5.74, 6) is 0.0275. The minimum atomic E-state index is -0.861. The standard InChI is InChI=1S/C27H37NO2/c1-3-4-17-28(18-16-22-11-6-5-7-12-22)20-23-14-15-25(27(29)30)26(19-23)24-13-9-8-10-21(24)2/h8-10,13-15,19,22H,3-7,11-12,16-18,20H2,1-2H3,(H,29,30). The Hall–Kier alpha value is -2.13. The number of carboxylic acids is 1. The molecule has 30 heavy (non-hydrogen) atoms. The third-order valence-corrected chi connectivity index (χ3v) is 6.56. The fourth-order valence-corrected chi connectivity index (χ4v) is 4.72. The van der Waals surface area contributed by atoms with E-state index in [0.717, 1.165) is 42.2 Å². The highest BCUT2D eigenvalue weighted by Gasteiger charge is 2.17. The van der Waals surface area contributed by atoms with E-state index in [1.807, 2.05) is 37.3 Å². The molecule has 0 bridgehead atoms. The van der Waals surface area contributed by atoms with Crippen LogP contribution in [0.15, 0.2) is 42.5 Å². The molecule has 0 heterocycles. The van der Waals surface area contributed by atoms with Gasteiger partial charge in [0.15, 0.2) is 0 Å². The monoisotopic (exact) mass is 407 g/mol. The largest absolute Gasteiger partial charge is 0.478 e. The normalized spacial score (nSPS) is 14.9. The molecule has 0 amide bonds. The first kappa shape index (κ1) is 22.6. The summed E-state index contributed by atoms with van der Waals surface area (Å²) in [4.78, 5) is 14.4. The summed E-state index contributed by atoms with van der Waals surface area (Å²) < 4.78 is 0. The summed E-state index contributed by atoms with van der Waals surface area (Å²) in [5.41, 5.74) is 4.55. The highest BCUT2D eigenvalue weighted by atomic mass is 16.4. The van der Waals surface area contributed by atoms with Gasteiger partial charge in [0.25, 0.3) is 0 Å². The second-order valence-electron chi connectivity index (χ2n) is 8.92. The second-order valence-corrected chi connectivity index (χ2v) is 8.92. The maximum Gasteiger partial charge on any atom is 0.336 e. The molecule has 2 aromatic carbocycles. The van der Waals surface area contributed by atoms with Crippen molar-refractivity contribution in [3.63, 3.8) is 0 Å². The molecule has 3 nitrogen and oxygen atoms in total. The molecule has 0 unspecified atom stereocenters. The molecule has 1 aliphatic carbocycles. The first-order chi connectivity index (χ1) is 14.6. The smallest absolute Gasteiger partial charge is 0.336 e. The van der Waals surface area contributed by atoms with Gasteiger partial charge in [-0.2, -0.15) is 0 Å². The van der Waals surface area contributed by atoms with E-state index in [9.17, 15) is 9.90 Å². The zero-order valence-corrected chi connectivity index (χ0v) is 18.7. The Balaban J connectivity index is 1.78. The quantitative estimate of drug-likeness (QED) is 0.464. The van der Waals surface area contributed by atoms with Gasteiger partial charge in [0.2, 0.25) is 0 Å². The Morgan fingerprint density at radius 1 is 1.03 bits per heavy atom. The number of nitrogens with zero attached hydrogens (tertiary/aromatic N) is 1. The number of hydrogen-bond donors (Lipinski definition) is 1. The molecule has 1 N–H and O–H groups in total. The van der Waals surface area contributed by atoms with E-state index >= 15 is 0 Å². The van der Waals surface area contributed by atoms with Gasteiger partial charge in [0.05, 0.1) is 5.56 Å². The van der Waals surface area contributed by atoms with E-state index in [4.69, 9.17) is 0 Å². The maximum atomic E-state index is 11.8. The molecular formula is C27H37NO2. The van der Waals surface area contributed by atoms with Crippen molar-refractivity contribution in [2.45, 2.75) is 71.8 Å². The van der Waals surface area contributed by atoms with E-state index in [2.05, 4.69) is 17.9 Å². The molecule has 2 aromatic rings. The summed E-state index contributed by atoms with van der Waals surface area (Å²) in [7, 11) is 0. The van der Waals surface area contributed by atoms with Crippen LogP contribution in [0.3, 0.4) is 0 Å². The Morgan fingerprint density at radius 2 is 1.80 bits per heavy atom. The fraction of sp³-hybridized carbons (Fsp3) is 0.519. The predicted molar refractivity (Wildman–Crippen MR) is 125 cm³/mol. The topological polar surface area (TPSA) is 40.5 Å². The van der Waals surface area contributed by atoms with Gasteiger partial charge in [0.1, 0.15) is 0 Å². The summed E-state index contributed by atoms with van der Waals surface area (Å²) in [6.45, 7) is 7.45. The first-order valence-electron chi connectivity index (χ1n) is 11.7. The zero-order valence-electron chi connectivity index (χ0n) is 18.7. The Morgan fingerprint density at radius 3 is 2.50 bits per heavy atom.